The number of nitrogens with zero attached hydrogens (tertiary/aromatic N) is 1. The molecule has 5 rings (SSSR count). The minimum Gasteiger partial charge on any atom is -0.464 e. The minimum atomic E-state index is -3.27. The summed E-state index contributed by atoms with van der Waals surface area (Å²) in [4.78, 5) is 15.7. The van der Waals surface area contributed by atoms with Gasteiger partial charge in [-0.15, -0.1) is 11.3 Å². The SMILES string of the molecule is CS(=O)(=O)c1ccc(C(=O)N[C@H]2CC[C@H](CCN3CCCCC3c3coc4cccc-4c3)CC2)s1. The van der Waals surface area contributed by atoms with Crippen LogP contribution in [0.15, 0.2) is 51.3 Å². The second-order valence-corrected chi connectivity index (χ2v) is 13.5. The van der Waals surface area contributed by atoms with Gasteiger partial charge in [0.1, 0.15) is 9.97 Å². The molecular weight excluding hydrogens is 480 g/mol. The van der Waals surface area contributed by atoms with E-state index in [-0.39, 0.29) is 16.2 Å². The van der Waals surface area contributed by atoms with Crippen LogP contribution in [-0.2, 0) is 9.84 Å². The van der Waals surface area contributed by atoms with E-state index in [1.54, 1.807) is 6.07 Å². The van der Waals surface area contributed by atoms with Crippen molar-refractivity contribution >= 4 is 27.1 Å². The summed E-state index contributed by atoms with van der Waals surface area (Å²) in [6, 6.07) is 12.2. The molecule has 1 aromatic rings. The Kier molecular flexibility index (Phi) is 7.32. The maximum absolute atomic E-state index is 12.6. The molecule has 2 aliphatic heterocycles. The third-order valence-corrected chi connectivity index (χ3v) is 10.5. The lowest BCUT2D eigenvalue weighted by Gasteiger charge is -2.37. The van der Waals surface area contributed by atoms with Crippen LogP contribution in [0.5, 0.6) is 0 Å². The summed E-state index contributed by atoms with van der Waals surface area (Å²) in [7, 11) is -3.27. The quantitative estimate of drug-likeness (QED) is 0.434. The third kappa shape index (κ3) is 5.81. The number of sulfone groups is 1. The summed E-state index contributed by atoms with van der Waals surface area (Å²) in [6.45, 7) is 2.25. The zero-order valence-corrected chi connectivity index (χ0v) is 21.9. The van der Waals surface area contributed by atoms with Crippen LogP contribution in [0.4, 0.5) is 0 Å². The number of thiophene rings is 1. The fourth-order valence-corrected chi connectivity index (χ4v) is 7.47. The van der Waals surface area contributed by atoms with Crippen molar-refractivity contribution < 1.29 is 17.6 Å². The summed E-state index contributed by atoms with van der Waals surface area (Å²) < 4.78 is 29.5. The van der Waals surface area contributed by atoms with Crippen molar-refractivity contribution in [3.8, 4) is 11.3 Å². The van der Waals surface area contributed by atoms with Crippen LogP contribution in [0, 0.1) is 5.92 Å². The Morgan fingerprint density at radius 2 is 1.94 bits per heavy atom. The van der Waals surface area contributed by atoms with Crippen LogP contribution < -0.4 is 5.32 Å². The van der Waals surface area contributed by atoms with Crippen molar-refractivity contribution in [2.45, 2.75) is 67.7 Å². The van der Waals surface area contributed by atoms with Crippen LogP contribution in [0.1, 0.15) is 72.6 Å². The molecule has 1 amide bonds. The maximum Gasteiger partial charge on any atom is 0.261 e. The molecule has 35 heavy (non-hydrogen) atoms. The van der Waals surface area contributed by atoms with Gasteiger partial charge in [-0.1, -0.05) is 18.6 Å². The van der Waals surface area contributed by atoms with E-state index in [9.17, 15) is 13.2 Å². The number of nitrogens with one attached hydrogen (secondary N) is 1. The summed E-state index contributed by atoms with van der Waals surface area (Å²) in [5, 5.41) is 3.12. The Labute approximate surface area is 212 Å². The highest BCUT2D eigenvalue weighted by molar-refractivity contribution is 7.92. The molecule has 1 atom stereocenters. The number of fused-ring (bicyclic) bond motifs is 1. The minimum absolute atomic E-state index is 0.156. The highest BCUT2D eigenvalue weighted by Crippen LogP contribution is 2.36. The zero-order chi connectivity index (χ0) is 24.4. The van der Waals surface area contributed by atoms with E-state index in [4.69, 9.17) is 4.42 Å². The van der Waals surface area contributed by atoms with Gasteiger partial charge in [-0.25, -0.2) is 8.42 Å². The first-order valence-electron chi connectivity index (χ1n) is 12.7. The van der Waals surface area contributed by atoms with E-state index in [1.165, 1.54) is 49.1 Å². The van der Waals surface area contributed by atoms with Crippen LogP contribution in [0.2, 0.25) is 0 Å². The standard InChI is InChI=1S/C27H34N2O4S2/c1-35(31,32)26-13-12-25(34-26)27(30)28-22-10-8-19(9-11-22)14-16-29-15-3-2-6-23(29)21-17-20-5-4-7-24(20)33-18-21/h4-5,7,12-13,17-19,22-23H,2-3,6,8-11,14-16H2,1H3,(H,28,30)/t19-,22-,23?. The molecule has 2 fully saturated rings. The Balaban J connectivity index is 1.11. The fourth-order valence-electron chi connectivity index (χ4n) is 5.64. The Hall–Kier alpha value is -2.16. The molecule has 1 saturated carbocycles. The van der Waals surface area contributed by atoms with Gasteiger partial charge < -0.3 is 9.73 Å². The molecule has 6 nitrogen and oxygen atoms in total. The summed E-state index contributed by atoms with van der Waals surface area (Å²) >= 11 is 1.05. The van der Waals surface area contributed by atoms with Gasteiger partial charge in [0.15, 0.2) is 9.84 Å². The summed E-state index contributed by atoms with van der Waals surface area (Å²) in [5.41, 5.74) is 2.48. The molecule has 4 aliphatic rings. The van der Waals surface area contributed by atoms with Gasteiger partial charge >= 0.3 is 0 Å². The van der Waals surface area contributed by atoms with E-state index >= 15 is 0 Å². The monoisotopic (exact) mass is 514 g/mol. The molecule has 1 unspecified atom stereocenters. The van der Waals surface area contributed by atoms with Crippen LogP contribution >= 0.6 is 11.3 Å². The predicted molar refractivity (Wildman–Crippen MR) is 139 cm³/mol. The first-order chi connectivity index (χ1) is 16.9. The number of carbonyl (C=O) groups excluding carboxylic acids is 1. The molecule has 1 aromatic heterocycles. The molecule has 2 aliphatic carbocycles. The molecule has 3 heterocycles. The predicted octanol–water partition coefficient (Wildman–Crippen LogP) is 5.76. The summed E-state index contributed by atoms with van der Waals surface area (Å²) in [5.74, 6) is 1.48. The lowest BCUT2D eigenvalue weighted by Crippen LogP contribution is -2.38. The van der Waals surface area contributed by atoms with Crippen LogP contribution in [-0.4, -0.2) is 44.6 Å². The molecule has 188 valence electrons. The van der Waals surface area contributed by atoms with Crippen molar-refractivity contribution in [3.05, 3.63) is 53.1 Å². The maximum atomic E-state index is 12.6. The van der Waals surface area contributed by atoms with E-state index in [0.29, 0.717) is 16.8 Å². The van der Waals surface area contributed by atoms with Gasteiger partial charge in [0.2, 0.25) is 0 Å². The number of carbonyl (C=O) groups is 1. The van der Waals surface area contributed by atoms with Crippen molar-refractivity contribution in [2.24, 2.45) is 5.92 Å². The lowest BCUT2D eigenvalue weighted by molar-refractivity contribution is 0.0919. The largest absolute Gasteiger partial charge is 0.464 e. The van der Waals surface area contributed by atoms with Gasteiger partial charge in [0.05, 0.1) is 11.1 Å². The second kappa shape index (κ2) is 10.4. The molecule has 0 aromatic carbocycles. The number of likely N-dealkylation sites (tertiary alicyclic amines) is 1. The van der Waals surface area contributed by atoms with Crippen LogP contribution in [0.25, 0.3) is 11.3 Å². The van der Waals surface area contributed by atoms with E-state index in [1.807, 2.05) is 18.4 Å². The molecule has 0 bridgehead atoms. The van der Waals surface area contributed by atoms with Crippen molar-refractivity contribution in [2.75, 3.05) is 19.3 Å². The topological polar surface area (TPSA) is 79.6 Å². The number of hydrogen-bond acceptors (Lipinski definition) is 6. The number of piperidine rings is 1. The molecular formula is C27H34N2O4S2. The first kappa shape index (κ1) is 24.5. The molecule has 8 heteroatoms. The Morgan fingerprint density at radius 1 is 1.11 bits per heavy atom. The summed E-state index contributed by atoms with van der Waals surface area (Å²) in [6.07, 6.45) is 12.2. The van der Waals surface area contributed by atoms with Crippen molar-refractivity contribution in [1.82, 2.24) is 10.2 Å². The highest BCUT2D eigenvalue weighted by Gasteiger charge is 2.28. The van der Waals surface area contributed by atoms with Crippen molar-refractivity contribution in [3.63, 3.8) is 0 Å². The smallest absolute Gasteiger partial charge is 0.261 e. The fraction of sp³-hybridized carbons (Fsp3) is 0.519. The van der Waals surface area contributed by atoms with Gasteiger partial charge in [-0.3, -0.25) is 9.69 Å². The van der Waals surface area contributed by atoms with Gasteiger partial charge in [0, 0.05) is 29.5 Å². The van der Waals surface area contributed by atoms with Gasteiger partial charge in [-0.05, 0) is 88.2 Å². The lowest BCUT2D eigenvalue weighted by atomic mass is 9.83. The van der Waals surface area contributed by atoms with Crippen LogP contribution in [0.3, 0.4) is 0 Å². The molecule has 0 radical (unpaired) electrons. The van der Waals surface area contributed by atoms with Gasteiger partial charge in [-0.2, -0.15) is 0 Å². The molecule has 1 N–H and O–H groups in total. The third-order valence-electron chi connectivity index (χ3n) is 7.63. The number of hydrogen-bond donors (Lipinski definition) is 1. The average molecular weight is 515 g/mol. The average Bonchev–Trinajstić information content (AvgIpc) is 3.53. The molecule has 1 saturated heterocycles. The Bertz CT molecular complexity index is 1220. The van der Waals surface area contributed by atoms with E-state index in [0.717, 1.165) is 55.9 Å². The van der Waals surface area contributed by atoms with Crippen molar-refractivity contribution in [1.29, 1.82) is 0 Å². The van der Waals surface area contributed by atoms with E-state index < -0.39 is 9.84 Å². The number of rotatable bonds is 7. The van der Waals surface area contributed by atoms with Gasteiger partial charge in [0.25, 0.3) is 5.91 Å². The normalized spacial score (nSPS) is 24.0. The van der Waals surface area contributed by atoms with E-state index in [2.05, 4.69) is 22.3 Å². The zero-order valence-electron chi connectivity index (χ0n) is 20.2. The highest BCUT2D eigenvalue weighted by atomic mass is 32.2. The Morgan fingerprint density at radius 3 is 2.71 bits per heavy atom. The first-order valence-corrected chi connectivity index (χ1v) is 15.4. The molecule has 0 spiro atoms. The second-order valence-electron chi connectivity index (χ2n) is 10.1. The number of amides is 1.